The zero-order chi connectivity index (χ0) is 9.52. The molecule has 0 unspecified atom stereocenters. The summed E-state index contributed by atoms with van der Waals surface area (Å²) in [5.74, 6) is 0.753. The van der Waals surface area contributed by atoms with Crippen LogP contribution in [0, 0.1) is 0 Å². The molecular formula is C10H20ClNO. The molecule has 2 nitrogen and oxygen atoms in total. The quantitative estimate of drug-likeness (QED) is 0.467. The van der Waals surface area contributed by atoms with Crippen molar-refractivity contribution in [3.05, 3.63) is 0 Å². The summed E-state index contributed by atoms with van der Waals surface area (Å²) in [6.45, 7) is 3.05. The maximum absolute atomic E-state index is 5.76. The Labute approximate surface area is 86.2 Å². The standard InChI is InChI=1S/C10H20ClNO/c1-13-9-3-7-12(8-6-11)10-4-2-5-10/h10H,2-9H2,1H3. The third kappa shape index (κ3) is 3.84. The molecule has 0 amide bonds. The number of halogens is 1. The highest BCUT2D eigenvalue weighted by atomic mass is 35.5. The van der Waals surface area contributed by atoms with Crippen molar-refractivity contribution in [1.29, 1.82) is 0 Å². The Morgan fingerprint density at radius 1 is 1.38 bits per heavy atom. The van der Waals surface area contributed by atoms with Gasteiger partial charge in [-0.05, 0) is 19.3 Å². The monoisotopic (exact) mass is 205 g/mol. The fourth-order valence-electron chi connectivity index (χ4n) is 1.75. The van der Waals surface area contributed by atoms with Gasteiger partial charge in [-0.2, -0.15) is 0 Å². The molecule has 78 valence electrons. The van der Waals surface area contributed by atoms with Crippen LogP contribution in [0.1, 0.15) is 25.7 Å². The minimum Gasteiger partial charge on any atom is -0.385 e. The van der Waals surface area contributed by atoms with E-state index >= 15 is 0 Å². The molecule has 3 heteroatoms. The normalized spacial score (nSPS) is 17.8. The molecule has 1 aliphatic carbocycles. The zero-order valence-corrected chi connectivity index (χ0v) is 9.22. The van der Waals surface area contributed by atoms with Gasteiger partial charge in [-0.25, -0.2) is 0 Å². The van der Waals surface area contributed by atoms with Gasteiger partial charge < -0.3 is 4.74 Å². The van der Waals surface area contributed by atoms with Gasteiger partial charge >= 0.3 is 0 Å². The van der Waals surface area contributed by atoms with Crippen LogP contribution in [0.3, 0.4) is 0 Å². The molecule has 0 saturated heterocycles. The first-order chi connectivity index (χ1) is 6.38. The van der Waals surface area contributed by atoms with Crippen LogP contribution in [0.4, 0.5) is 0 Å². The highest BCUT2D eigenvalue weighted by Gasteiger charge is 2.23. The Hall–Kier alpha value is 0.210. The third-order valence-electron chi connectivity index (χ3n) is 2.76. The van der Waals surface area contributed by atoms with E-state index in [1.165, 1.54) is 19.3 Å². The smallest absolute Gasteiger partial charge is 0.0474 e. The second-order valence-corrected chi connectivity index (χ2v) is 4.03. The second-order valence-electron chi connectivity index (χ2n) is 3.66. The molecule has 1 fully saturated rings. The van der Waals surface area contributed by atoms with E-state index < -0.39 is 0 Å². The molecule has 1 saturated carbocycles. The summed E-state index contributed by atoms with van der Waals surface area (Å²) in [5.41, 5.74) is 0. The van der Waals surface area contributed by atoms with Crippen molar-refractivity contribution in [1.82, 2.24) is 4.90 Å². The maximum atomic E-state index is 5.76. The molecule has 0 radical (unpaired) electrons. The SMILES string of the molecule is COCCCN(CCCl)C1CCC1. The van der Waals surface area contributed by atoms with Gasteiger partial charge in [0.15, 0.2) is 0 Å². The first kappa shape index (κ1) is 11.3. The fraction of sp³-hybridized carbons (Fsp3) is 1.00. The van der Waals surface area contributed by atoms with Crippen molar-refractivity contribution >= 4 is 11.6 Å². The summed E-state index contributed by atoms with van der Waals surface area (Å²) in [5, 5.41) is 0. The Kier molecular flexibility index (Phi) is 5.76. The van der Waals surface area contributed by atoms with E-state index in [0.717, 1.165) is 38.0 Å². The molecule has 0 aromatic heterocycles. The lowest BCUT2D eigenvalue weighted by atomic mass is 9.91. The number of methoxy groups -OCH3 is 1. The van der Waals surface area contributed by atoms with Crippen molar-refractivity contribution < 1.29 is 4.74 Å². The molecule has 13 heavy (non-hydrogen) atoms. The Morgan fingerprint density at radius 3 is 2.62 bits per heavy atom. The summed E-state index contributed by atoms with van der Waals surface area (Å²) in [7, 11) is 1.76. The van der Waals surface area contributed by atoms with Gasteiger partial charge in [-0.1, -0.05) is 6.42 Å². The molecule has 1 rings (SSSR count). The van der Waals surface area contributed by atoms with Crippen molar-refractivity contribution in [2.45, 2.75) is 31.7 Å². The first-order valence-electron chi connectivity index (χ1n) is 5.17. The molecule has 0 N–H and O–H groups in total. The average molecular weight is 206 g/mol. The maximum Gasteiger partial charge on any atom is 0.0474 e. The van der Waals surface area contributed by atoms with Gasteiger partial charge in [0.25, 0.3) is 0 Å². The van der Waals surface area contributed by atoms with Crippen LogP contribution in [-0.4, -0.2) is 43.6 Å². The van der Waals surface area contributed by atoms with Crippen LogP contribution in [0.15, 0.2) is 0 Å². The van der Waals surface area contributed by atoms with E-state index in [2.05, 4.69) is 4.90 Å². The lowest BCUT2D eigenvalue weighted by Crippen LogP contribution is -2.42. The van der Waals surface area contributed by atoms with E-state index in [1.807, 2.05) is 0 Å². The molecule has 0 heterocycles. The Bertz CT molecular complexity index is 128. The molecule has 0 aromatic carbocycles. The second kappa shape index (κ2) is 6.63. The van der Waals surface area contributed by atoms with Crippen LogP contribution in [0.25, 0.3) is 0 Å². The average Bonchev–Trinajstić information content (AvgIpc) is 2.02. The van der Waals surface area contributed by atoms with Crippen LogP contribution >= 0.6 is 11.6 Å². The summed E-state index contributed by atoms with van der Waals surface area (Å²) in [4.78, 5) is 2.51. The Balaban J connectivity index is 2.12. The summed E-state index contributed by atoms with van der Waals surface area (Å²) >= 11 is 5.76. The van der Waals surface area contributed by atoms with Crippen LogP contribution < -0.4 is 0 Å². The fourth-order valence-corrected chi connectivity index (χ4v) is 1.97. The minimum atomic E-state index is 0.753. The van der Waals surface area contributed by atoms with Crippen LogP contribution in [0.2, 0.25) is 0 Å². The van der Waals surface area contributed by atoms with Gasteiger partial charge in [0.1, 0.15) is 0 Å². The van der Waals surface area contributed by atoms with Crippen molar-refractivity contribution in [3.63, 3.8) is 0 Å². The number of rotatable bonds is 7. The molecule has 0 bridgehead atoms. The van der Waals surface area contributed by atoms with Crippen LogP contribution in [0.5, 0.6) is 0 Å². The van der Waals surface area contributed by atoms with E-state index in [0.29, 0.717) is 0 Å². The molecule has 0 aliphatic heterocycles. The number of hydrogen-bond acceptors (Lipinski definition) is 2. The zero-order valence-electron chi connectivity index (χ0n) is 8.47. The van der Waals surface area contributed by atoms with Gasteiger partial charge in [0.2, 0.25) is 0 Å². The number of hydrogen-bond donors (Lipinski definition) is 0. The van der Waals surface area contributed by atoms with E-state index in [-0.39, 0.29) is 0 Å². The predicted molar refractivity (Wildman–Crippen MR) is 56.4 cm³/mol. The number of nitrogens with zero attached hydrogens (tertiary/aromatic N) is 1. The van der Waals surface area contributed by atoms with Crippen molar-refractivity contribution in [2.24, 2.45) is 0 Å². The summed E-state index contributed by atoms with van der Waals surface area (Å²) in [6.07, 6.45) is 5.26. The van der Waals surface area contributed by atoms with Crippen molar-refractivity contribution in [3.8, 4) is 0 Å². The number of ether oxygens (including phenoxy) is 1. The van der Waals surface area contributed by atoms with E-state index in [9.17, 15) is 0 Å². The predicted octanol–water partition coefficient (Wildman–Crippen LogP) is 2.12. The Morgan fingerprint density at radius 2 is 2.15 bits per heavy atom. The highest BCUT2D eigenvalue weighted by molar-refractivity contribution is 6.18. The minimum absolute atomic E-state index is 0.753. The largest absolute Gasteiger partial charge is 0.385 e. The van der Waals surface area contributed by atoms with Gasteiger partial charge in [0, 0.05) is 38.7 Å². The lowest BCUT2D eigenvalue weighted by Gasteiger charge is -2.37. The van der Waals surface area contributed by atoms with Gasteiger partial charge in [0.05, 0.1) is 0 Å². The molecule has 0 atom stereocenters. The molecular weight excluding hydrogens is 186 g/mol. The van der Waals surface area contributed by atoms with E-state index in [1.54, 1.807) is 7.11 Å². The summed E-state index contributed by atoms with van der Waals surface area (Å²) < 4.78 is 5.04. The lowest BCUT2D eigenvalue weighted by molar-refractivity contribution is 0.114. The highest BCUT2D eigenvalue weighted by Crippen LogP contribution is 2.24. The van der Waals surface area contributed by atoms with E-state index in [4.69, 9.17) is 16.3 Å². The summed E-state index contributed by atoms with van der Waals surface area (Å²) in [6, 6.07) is 0.815. The molecule has 0 spiro atoms. The van der Waals surface area contributed by atoms with Crippen molar-refractivity contribution in [2.75, 3.05) is 32.7 Å². The topological polar surface area (TPSA) is 12.5 Å². The van der Waals surface area contributed by atoms with Gasteiger partial charge in [-0.15, -0.1) is 11.6 Å². The first-order valence-corrected chi connectivity index (χ1v) is 5.71. The molecule has 1 aliphatic rings. The number of alkyl halides is 1. The molecule has 0 aromatic rings. The van der Waals surface area contributed by atoms with Gasteiger partial charge in [-0.3, -0.25) is 4.90 Å². The van der Waals surface area contributed by atoms with Crippen LogP contribution in [-0.2, 0) is 4.74 Å². The third-order valence-corrected chi connectivity index (χ3v) is 2.93.